The highest BCUT2D eigenvalue weighted by Crippen LogP contribution is 2.65. The lowest BCUT2D eigenvalue weighted by Gasteiger charge is -2.67. The normalized spacial score (nSPS) is 30.2. The predicted octanol–water partition coefficient (Wildman–Crippen LogP) is 3.39. The summed E-state index contributed by atoms with van der Waals surface area (Å²) in [5.41, 5.74) is -1.90. The molecule has 4 aliphatic rings. The van der Waals surface area contributed by atoms with Crippen LogP contribution in [0.3, 0.4) is 0 Å². The average molecular weight is 926 g/mol. The Bertz CT molecular complexity index is 2450. The number of alkyl carbamates (subject to hydrolysis) is 1. The van der Waals surface area contributed by atoms with Gasteiger partial charge in [0.25, 0.3) is 5.91 Å². The third-order valence-corrected chi connectivity index (χ3v) is 13.9. The van der Waals surface area contributed by atoms with Crippen LogP contribution < -0.4 is 16.4 Å². The molecule has 18 nitrogen and oxygen atoms in total. The number of aliphatic hydroxyl groups excluding tert-OH is 1. The Morgan fingerprint density at radius 1 is 0.836 bits per heavy atom. The fourth-order valence-corrected chi connectivity index (χ4v) is 10.6. The zero-order valence-electron chi connectivity index (χ0n) is 37.9. The monoisotopic (exact) mass is 925 g/mol. The Hall–Kier alpha value is -6.47. The highest BCUT2D eigenvalue weighted by atomic mass is 16.6. The molecule has 2 amide bonds. The number of carbonyl (C=O) groups excluding carboxylic acids is 7. The molecular weight excluding hydrogens is 871 g/mol. The molecule has 18 heteroatoms. The molecule has 0 aromatic heterocycles. The first kappa shape index (κ1) is 48.5. The highest BCUT2D eigenvalue weighted by Gasteiger charge is 2.79. The van der Waals surface area contributed by atoms with Gasteiger partial charge in [0.2, 0.25) is 0 Å². The lowest BCUT2D eigenvalue weighted by Crippen LogP contribution is -2.82. The average Bonchev–Trinajstić information content (AvgIpc) is 3.29. The Morgan fingerprint density at radius 3 is 1.99 bits per heavy atom. The molecule has 3 aromatic rings. The largest absolute Gasteiger partial charge is 0.456 e. The minimum atomic E-state index is -2.47. The maximum Gasteiger partial charge on any atom is 0.408 e. The van der Waals surface area contributed by atoms with Gasteiger partial charge >= 0.3 is 30.0 Å². The number of amides is 2. The first-order valence-corrected chi connectivity index (χ1v) is 21.9. The van der Waals surface area contributed by atoms with Gasteiger partial charge in [0.15, 0.2) is 23.6 Å². The van der Waals surface area contributed by atoms with Crippen LogP contribution in [0.15, 0.2) is 102 Å². The molecule has 3 fully saturated rings. The molecular formula is C49H55N3O15. The van der Waals surface area contributed by atoms with Crippen molar-refractivity contribution in [3.63, 3.8) is 0 Å². The lowest BCUT2D eigenvalue weighted by molar-refractivity contribution is -0.345. The van der Waals surface area contributed by atoms with Crippen molar-refractivity contribution in [1.29, 1.82) is 0 Å². The number of Topliss-reactive ketones (excluding diaryl/α,β-unsaturated/α-hetero) is 1. The van der Waals surface area contributed by atoms with Crippen LogP contribution in [0, 0.1) is 16.7 Å². The van der Waals surface area contributed by atoms with Crippen molar-refractivity contribution in [1.82, 2.24) is 10.6 Å². The molecule has 67 heavy (non-hydrogen) atoms. The molecule has 2 unspecified atom stereocenters. The molecule has 2 bridgehead atoms. The molecule has 7 rings (SSSR count). The third-order valence-electron chi connectivity index (χ3n) is 13.9. The van der Waals surface area contributed by atoms with Gasteiger partial charge in [-0.15, -0.1) is 0 Å². The topological polar surface area (TPSA) is 265 Å². The van der Waals surface area contributed by atoms with E-state index in [1.54, 1.807) is 78.9 Å². The summed E-state index contributed by atoms with van der Waals surface area (Å²) in [7, 11) is 0. The van der Waals surface area contributed by atoms with E-state index in [0.717, 1.165) is 13.8 Å². The number of fused-ring (bicyclic) bond motifs is 5. The van der Waals surface area contributed by atoms with Gasteiger partial charge in [-0.2, -0.15) is 0 Å². The summed E-state index contributed by atoms with van der Waals surface area (Å²) in [4.78, 5) is 98.0. The van der Waals surface area contributed by atoms with Crippen LogP contribution in [-0.2, 0) is 47.6 Å². The van der Waals surface area contributed by atoms with Gasteiger partial charge in [-0.05, 0) is 54.8 Å². The van der Waals surface area contributed by atoms with E-state index < -0.39 is 119 Å². The standard InChI is InChI=1S/C49H55N3O15/c1-26-32(64-44(59)37(55)36(29-16-10-7-11-17-29)52-42(57)30-18-12-8-13-19-30)23-49(61)41(66-43(58)31-20-14-9-15-21-31)39-47(6,40(56)38(63-27(2)53)35(26)46(49,4)5)33(65-45(60)51-25-50)22-34-48(39,24-62-34)67-28(3)54/h7-21,32-34,36-39,41,55,61H,22-25,50H2,1-6H3,(H,51,60)(H,52,57)/t32-,33-,34?,36-,37+,38+,39-,41-,47?,48-,49+/m0/s1. The summed E-state index contributed by atoms with van der Waals surface area (Å²) < 4.78 is 36.6. The van der Waals surface area contributed by atoms with Crippen LogP contribution in [0.1, 0.15) is 86.7 Å². The summed E-state index contributed by atoms with van der Waals surface area (Å²) in [6.07, 6.45) is -11.9. The van der Waals surface area contributed by atoms with E-state index >= 15 is 4.79 Å². The van der Waals surface area contributed by atoms with E-state index in [4.69, 9.17) is 34.2 Å². The predicted molar refractivity (Wildman–Crippen MR) is 234 cm³/mol. The Kier molecular flexibility index (Phi) is 13.5. The maximum absolute atomic E-state index is 15.9. The van der Waals surface area contributed by atoms with Gasteiger partial charge in [0.1, 0.15) is 30.0 Å². The van der Waals surface area contributed by atoms with Crippen molar-refractivity contribution in [3.8, 4) is 0 Å². The number of nitrogens with one attached hydrogen (secondary N) is 2. The van der Waals surface area contributed by atoms with E-state index in [1.165, 1.54) is 39.8 Å². The van der Waals surface area contributed by atoms with Crippen molar-refractivity contribution < 1.29 is 72.2 Å². The number of rotatable bonds is 12. The van der Waals surface area contributed by atoms with E-state index in [9.17, 15) is 39.0 Å². The number of carbonyl (C=O) groups is 7. The van der Waals surface area contributed by atoms with Crippen molar-refractivity contribution in [2.75, 3.05) is 13.3 Å². The quantitative estimate of drug-likeness (QED) is 0.0754. The molecule has 0 spiro atoms. The van der Waals surface area contributed by atoms with Crippen LogP contribution >= 0.6 is 0 Å². The fourth-order valence-electron chi connectivity index (χ4n) is 10.6. The number of esters is 4. The third kappa shape index (κ3) is 8.58. The molecule has 1 aliphatic heterocycles. The minimum absolute atomic E-state index is 0.0315. The number of aliphatic hydroxyl groups is 2. The number of ether oxygens (including phenoxy) is 6. The number of hydrogen-bond acceptors (Lipinski definition) is 16. The maximum atomic E-state index is 15.9. The molecule has 3 aromatic carbocycles. The Morgan fingerprint density at radius 2 is 1.43 bits per heavy atom. The van der Waals surface area contributed by atoms with Gasteiger partial charge in [0, 0.05) is 37.7 Å². The van der Waals surface area contributed by atoms with E-state index in [1.807, 2.05) is 0 Å². The van der Waals surface area contributed by atoms with E-state index in [0.29, 0.717) is 5.56 Å². The van der Waals surface area contributed by atoms with Crippen molar-refractivity contribution in [3.05, 3.63) is 119 Å². The summed E-state index contributed by atoms with van der Waals surface area (Å²) in [6.45, 7) is 7.45. The number of hydrogen-bond donors (Lipinski definition) is 5. The summed E-state index contributed by atoms with van der Waals surface area (Å²) >= 11 is 0. The molecule has 1 heterocycles. The van der Waals surface area contributed by atoms with Crippen LogP contribution in [0.2, 0.25) is 0 Å². The fraction of sp³-hybridized carbons (Fsp3) is 0.449. The summed E-state index contributed by atoms with van der Waals surface area (Å²) in [5, 5.41) is 30.8. The molecule has 356 valence electrons. The zero-order chi connectivity index (χ0) is 48.6. The van der Waals surface area contributed by atoms with Gasteiger partial charge in [-0.1, -0.05) is 80.6 Å². The van der Waals surface area contributed by atoms with Gasteiger partial charge in [0.05, 0.1) is 36.2 Å². The van der Waals surface area contributed by atoms with Gasteiger partial charge in [-0.3, -0.25) is 19.2 Å². The summed E-state index contributed by atoms with van der Waals surface area (Å²) in [6, 6.07) is 22.7. The smallest absolute Gasteiger partial charge is 0.408 e. The molecule has 2 saturated carbocycles. The van der Waals surface area contributed by atoms with Crippen molar-refractivity contribution >= 4 is 41.7 Å². The first-order valence-electron chi connectivity index (χ1n) is 21.9. The first-order chi connectivity index (χ1) is 31.7. The molecule has 1 saturated heterocycles. The van der Waals surface area contributed by atoms with Gasteiger partial charge < -0.3 is 55.0 Å². The second-order valence-corrected chi connectivity index (χ2v) is 18.1. The Balaban J connectivity index is 1.42. The summed E-state index contributed by atoms with van der Waals surface area (Å²) in [5.74, 6) is -7.16. The minimum Gasteiger partial charge on any atom is -0.456 e. The van der Waals surface area contributed by atoms with Gasteiger partial charge in [-0.25, -0.2) is 14.4 Å². The lowest BCUT2D eigenvalue weighted by atomic mass is 9.44. The van der Waals surface area contributed by atoms with Crippen LogP contribution in [-0.4, -0.2) is 113 Å². The Labute approximate surface area is 386 Å². The second-order valence-electron chi connectivity index (χ2n) is 18.1. The van der Waals surface area contributed by atoms with Crippen molar-refractivity contribution in [2.45, 2.75) is 108 Å². The van der Waals surface area contributed by atoms with Crippen molar-refractivity contribution in [2.24, 2.45) is 22.5 Å². The highest BCUT2D eigenvalue weighted by molar-refractivity contribution is 5.96. The van der Waals surface area contributed by atoms with Crippen LogP contribution in [0.5, 0.6) is 0 Å². The number of ketones is 1. The molecule has 0 radical (unpaired) electrons. The molecule has 6 N–H and O–H groups in total. The van der Waals surface area contributed by atoms with E-state index in [2.05, 4.69) is 10.6 Å². The second kappa shape index (κ2) is 18.7. The number of benzene rings is 3. The van der Waals surface area contributed by atoms with E-state index in [-0.39, 0.29) is 42.0 Å². The van der Waals surface area contributed by atoms with Crippen LogP contribution in [0.25, 0.3) is 0 Å². The SMILES string of the molecule is CC(=O)O[C@H]1C(=O)C2(C)[C@@H](OC(=O)NCN)CC3OC[C@@]3(OC(C)=O)[C@H]2[C@H](OC(=O)c2ccccc2)[C@]2(O)C[C@H](OC(=O)[C@H](O)[C@@H](NC(=O)c3ccccc3)c3ccccc3)C(C)=C1C2(C)C. The van der Waals surface area contributed by atoms with Crippen LogP contribution in [0.4, 0.5) is 4.79 Å². The molecule has 11 atom stereocenters. The molecule has 3 aliphatic carbocycles. The zero-order valence-corrected chi connectivity index (χ0v) is 37.9. The number of nitrogens with two attached hydrogens (primary N) is 1.